The molecule has 0 saturated heterocycles. The molecule has 1 aromatic rings. The van der Waals surface area contributed by atoms with Crippen LogP contribution in [0.5, 0.6) is 0 Å². The third-order valence-electron chi connectivity index (χ3n) is 2.92. The molecule has 0 atom stereocenters. The van der Waals surface area contributed by atoms with Gasteiger partial charge in [-0.3, -0.25) is 0 Å². The standard InChI is InChI=1S/C13H18FNO5S/c1-8-6-9(7-10(11(8)14)12(17)18)21(19,20)15-13(2,3)4-5-16/h6-7,15-16H,4-5H2,1-3H3,(H,17,18). The molecular weight excluding hydrogens is 301 g/mol. The van der Waals surface area contributed by atoms with Crippen molar-refractivity contribution in [1.29, 1.82) is 0 Å². The van der Waals surface area contributed by atoms with Crippen LogP contribution in [0.3, 0.4) is 0 Å². The Balaban J connectivity index is 3.30. The summed E-state index contributed by atoms with van der Waals surface area (Å²) in [7, 11) is -4.03. The van der Waals surface area contributed by atoms with E-state index in [2.05, 4.69) is 4.72 Å². The van der Waals surface area contributed by atoms with Crippen molar-refractivity contribution in [2.24, 2.45) is 0 Å². The lowest BCUT2D eigenvalue weighted by Crippen LogP contribution is -2.44. The van der Waals surface area contributed by atoms with E-state index in [1.165, 1.54) is 6.92 Å². The summed E-state index contributed by atoms with van der Waals surface area (Å²) in [6.45, 7) is 4.24. The number of hydrogen-bond acceptors (Lipinski definition) is 4. The highest BCUT2D eigenvalue weighted by Gasteiger charge is 2.27. The van der Waals surface area contributed by atoms with Crippen molar-refractivity contribution in [3.8, 4) is 0 Å². The summed E-state index contributed by atoms with van der Waals surface area (Å²) >= 11 is 0. The van der Waals surface area contributed by atoms with E-state index in [0.29, 0.717) is 0 Å². The summed E-state index contributed by atoms with van der Waals surface area (Å²) in [4.78, 5) is 10.6. The molecule has 0 saturated carbocycles. The fraction of sp³-hybridized carbons (Fsp3) is 0.462. The molecule has 8 heteroatoms. The monoisotopic (exact) mass is 319 g/mol. The van der Waals surface area contributed by atoms with Gasteiger partial charge in [-0.2, -0.15) is 0 Å². The molecule has 1 aromatic carbocycles. The molecule has 0 unspecified atom stereocenters. The maximum atomic E-state index is 13.7. The minimum atomic E-state index is -4.03. The maximum absolute atomic E-state index is 13.7. The SMILES string of the molecule is Cc1cc(S(=O)(=O)NC(C)(C)CCO)cc(C(=O)O)c1F. The van der Waals surface area contributed by atoms with Crippen molar-refractivity contribution in [2.45, 2.75) is 37.6 Å². The van der Waals surface area contributed by atoms with E-state index in [1.807, 2.05) is 0 Å². The first-order valence-corrected chi connectivity index (χ1v) is 7.67. The number of hydrogen-bond donors (Lipinski definition) is 3. The van der Waals surface area contributed by atoms with Gasteiger partial charge in [-0.15, -0.1) is 0 Å². The first-order chi connectivity index (χ1) is 9.50. The van der Waals surface area contributed by atoms with Gasteiger partial charge in [0.1, 0.15) is 5.82 Å². The Morgan fingerprint density at radius 1 is 1.38 bits per heavy atom. The second kappa shape index (κ2) is 6.08. The summed E-state index contributed by atoms with van der Waals surface area (Å²) in [6, 6.07) is 1.85. The van der Waals surface area contributed by atoms with Crippen molar-refractivity contribution < 1.29 is 27.8 Å². The predicted molar refractivity (Wildman–Crippen MR) is 74.2 cm³/mol. The first-order valence-electron chi connectivity index (χ1n) is 6.18. The molecule has 0 radical (unpaired) electrons. The number of aliphatic hydroxyl groups excluding tert-OH is 1. The fourth-order valence-electron chi connectivity index (χ4n) is 1.80. The Hall–Kier alpha value is -1.51. The van der Waals surface area contributed by atoms with Crippen LogP contribution in [-0.4, -0.2) is 36.7 Å². The van der Waals surface area contributed by atoms with Gasteiger partial charge in [0, 0.05) is 12.1 Å². The Kier molecular flexibility index (Phi) is 5.08. The van der Waals surface area contributed by atoms with Crippen molar-refractivity contribution in [3.05, 3.63) is 29.1 Å². The van der Waals surface area contributed by atoms with Crippen molar-refractivity contribution >= 4 is 16.0 Å². The van der Waals surface area contributed by atoms with E-state index in [-0.39, 0.29) is 23.5 Å². The van der Waals surface area contributed by atoms with E-state index in [0.717, 1.165) is 12.1 Å². The van der Waals surface area contributed by atoms with Crippen LogP contribution in [0.4, 0.5) is 4.39 Å². The summed E-state index contributed by atoms with van der Waals surface area (Å²) in [5.41, 5.74) is -1.69. The van der Waals surface area contributed by atoms with Gasteiger partial charge < -0.3 is 10.2 Å². The molecule has 0 bridgehead atoms. The number of sulfonamides is 1. The summed E-state index contributed by atoms with van der Waals surface area (Å²) in [5, 5.41) is 17.8. The van der Waals surface area contributed by atoms with Gasteiger partial charge in [-0.1, -0.05) is 0 Å². The van der Waals surface area contributed by atoms with E-state index < -0.39 is 32.9 Å². The number of benzene rings is 1. The van der Waals surface area contributed by atoms with Crippen molar-refractivity contribution in [1.82, 2.24) is 4.72 Å². The van der Waals surface area contributed by atoms with Gasteiger partial charge in [-0.25, -0.2) is 22.3 Å². The summed E-state index contributed by atoms with van der Waals surface area (Å²) in [5.74, 6) is -2.50. The first kappa shape index (κ1) is 17.5. The Morgan fingerprint density at radius 2 is 1.95 bits per heavy atom. The summed E-state index contributed by atoms with van der Waals surface area (Å²) in [6.07, 6.45) is 0.179. The van der Waals surface area contributed by atoms with Crippen LogP contribution >= 0.6 is 0 Å². The average Bonchev–Trinajstić information content (AvgIpc) is 2.30. The van der Waals surface area contributed by atoms with Crippen molar-refractivity contribution in [2.75, 3.05) is 6.61 Å². The van der Waals surface area contributed by atoms with Gasteiger partial charge in [-0.05, 0) is 44.9 Å². The molecule has 0 aromatic heterocycles. The number of carbonyl (C=O) groups is 1. The number of carboxylic acids is 1. The largest absolute Gasteiger partial charge is 0.478 e. The molecule has 1 rings (SSSR count). The van der Waals surface area contributed by atoms with Crippen LogP contribution in [0.25, 0.3) is 0 Å². The highest BCUT2D eigenvalue weighted by atomic mass is 32.2. The molecule has 0 aliphatic rings. The zero-order valence-electron chi connectivity index (χ0n) is 12.0. The lowest BCUT2D eigenvalue weighted by molar-refractivity contribution is 0.0691. The molecule has 3 N–H and O–H groups in total. The Bertz CT molecular complexity index is 655. The molecular formula is C13H18FNO5S. The number of nitrogens with one attached hydrogen (secondary N) is 1. The quantitative estimate of drug-likeness (QED) is 0.732. The third kappa shape index (κ3) is 4.23. The zero-order valence-corrected chi connectivity index (χ0v) is 12.8. The third-order valence-corrected chi connectivity index (χ3v) is 4.59. The van der Waals surface area contributed by atoms with Gasteiger partial charge >= 0.3 is 5.97 Å². The topological polar surface area (TPSA) is 104 Å². The van der Waals surface area contributed by atoms with E-state index in [1.54, 1.807) is 13.8 Å². The highest BCUT2D eigenvalue weighted by molar-refractivity contribution is 7.89. The van der Waals surface area contributed by atoms with Crippen LogP contribution in [0.15, 0.2) is 17.0 Å². The molecule has 0 amide bonds. The smallest absolute Gasteiger partial charge is 0.338 e. The normalized spacial score (nSPS) is 12.4. The van der Waals surface area contributed by atoms with Crippen LogP contribution in [0.1, 0.15) is 36.2 Å². The average molecular weight is 319 g/mol. The number of aliphatic hydroxyl groups is 1. The molecule has 0 aliphatic carbocycles. The molecule has 0 fully saturated rings. The van der Waals surface area contributed by atoms with Crippen LogP contribution in [-0.2, 0) is 10.0 Å². The van der Waals surface area contributed by atoms with Crippen LogP contribution < -0.4 is 4.72 Å². The van der Waals surface area contributed by atoms with E-state index >= 15 is 0 Å². The molecule has 21 heavy (non-hydrogen) atoms. The minimum Gasteiger partial charge on any atom is -0.478 e. The Labute approximate surface area is 122 Å². The second-order valence-corrected chi connectivity index (χ2v) is 7.05. The highest BCUT2D eigenvalue weighted by Crippen LogP contribution is 2.21. The number of aryl methyl sites for hydroxylation is 1. The van der Waals surface area contributed by atoms with E-state index in [9.17, 15) is 17.6 Å². The second-order valence-electron chi connectivity index (χ2n) is 5.37. The van der Waals surface area contributed by atoms with Crippen LogP contribution in [0.2, 0.25) is 0 Å². The van der Waals surface area contributed by atoms with Crippen LogP contribution in [0, 0.1) is 12.7 Å². The molecule has 0 spiro atoms. The zero-order chi connectivity index (χ0) is 16.4. The molecule has 118 valence electrons. The van der Waals surface area contributed by atoms with Gasteiger partial charge in [0.15, 0.2) is 0 Å². The van der Waals surface area contributed by atoms with E-state index in [4.69, 9.17) is 10.2 Å². The Morgan fingerprint density at radius 3 is 2.43 bits per heavy atom. The van der Waals surface area contributed by atoms with Gasteiger partial charge in [0.2, 0.25) is 10.0 Å². The predicted octanol–water partition coefficient (Wildman–Crippen LogP) is 1.27. The molecule has 0 heterocycles. The maximum Gasteiger partial charge on any atom is 0.338 e. The minimum absolute atomic E-state index is 0.0739. The number of rotatable bonds is 6. The fourth-order valence-corrected chi connectivity index (χ4v) is 3.35. The van der Waals surface area contributed by atoms with Gasteiger partial charge in [0.25, 0.3) is 0 Å². The number of carboxylic acid groups (broad SMARTS) is 1. The lowest BCUT2D eigenvalue weighted by atomic mass is 10.0. The molecule has 0 aliphatic heterocycles. The number of aromatic carboxylic acids is 1. The summed E-state index contributed by atoms with van der Waals surface area (Å²) < 4.78 is 40.5. The molecule has 6 nitrogen and oxygen atoms in total. The van der Waals surface area contributed by atoms with Gasteiger partial charge in [0.05, 0.1) is 10.5 Å². The van der Waals surface area contributed by atoms with Crippen molar-refractivity contribution in [3.63, 3.8) is 0 Å². The number of halogens is 1. The lowest BCUT2D eigenvalue weighted by Gasteiger charge is -2.25.